The number of hydrogen-bond acceptors (Lipinski definition) is 5. The van der Waals surface area contributed by atoms with Gasteiger partial charge < -0.3 is 24.1 Å². The summed E-state index contributed by atoms with van der Waals surface area (Å²) >= 11 is 6.35. The summed E-state index contributed by atoms with van der Waals surface area (Å²) in [5.74, 6) is 0.531. The van der Waals surface area contributed by atoms with Crippen LogP contribution in [0.2, 0.25) is 48.8 Å². The van der Waals surface area contributed by atoms with Crippen molar-refractivity contribution >= 4 is 51.0 Å². The van der Waals surface area contributed by atoms with Gasteiger partial charge in [-0.15, -0.1) is 0 Å². The highest BCUT2D eigenvalue weighted by Crippen LogP contribution is 2.41. The monoisotopic (exact) mass is 548 g/mol. The Kier molecular flexibility index (Phi) is 8.99. The van der Waals surface area contributed by atoms with Crippen molar-refractivity contribution in [3.63, 3.8) is 0 Å². The molecule has 0 unspecified atom stereocenters. The molecule has 2 aromatic carbocycles. The lowest BCUT2D eigenvalue weighted by molar-refractivity contribution is 0.102. The summed E-state index contributed by atoms with van der Waals surface area (Å²) in [5, 5.41) is 3.74. The molecule has 0 fully saturated rings. The zero-order chi connectivity index (χ0) is 26.7. The van der Waals surface area contributed by atoms with Gasteiger partial charge in [0.05, 0.1) is 29.2 Å². The van der Waals surface area contributed by atoms with Crippen LogP contribution in [0, 0.1) is 0 Å². The lowest BCUT2D eigenvalue weighted by Crippen LogP contribution is -2.41. The zero-order valence-corrected chi connectivity index (χ0v) is 25.7. The third-order valence-corrected chi connectivity index (χ3v) is 13.3. The average molecular weight is 549 g/mol. The van der Waals surface area contributed by atoms with Crippen molar-refractivity contribution in [2.45, 2.75) is 64.6 Å². The second-order valence-corrected chi connectivity index (χ2v) is 22.9. The van der Waals surface area contributed by atoms with E-state index in [2.05, 4.69) is 58.8 Å². The molecule has 0 saturated carbocycles. The second-order valence-electron chi connectivity index (χ2n) is 12.0. The molecule has 1 aliphatic heterocycles. The van der Waals surface area contributed by atoms with Crippen molar-refractivity contribution in [2.75, 3.05) is 36.8 Å². The Morgan fingerprint density at radius 1 is 0.944 bits per heavy atom. The molecule has 2 aromatic rings. The number of rotatable bonds is 10. The molecule has 36 heavy (non-hydrogen) atoms. The molecule has 0 aliphatic carbocycles. The van der Waals surface area contributed by atoms with Gasteiger partial charge in [-0.3, -0.25) is 4.79 Å². The van der Waals surface area contributed by atoms with Crippen LogP contribution in [0.15, 0.2) is 36.4 Å². The highest BCUT2D eigenvalue weighted by atomic mass is 35.5. The van der Waals surface area contributed by atoms with Crippen LogP contribution in [0.3, 0.4) is 0 Å². The van der Waals surface area contributed by atoms with Gasteiger partial charge >= 0.3 is 0 Å². The van der Waals surface area contributed by atoms with Crippen molar-refractivity contribution in [2.24, 2.45) is 0 Å². The van der Waals surface area contributed by atoms with E-state index in [4.69, 9.17) is 25.5 Å². The molecule has 0 saturated heterocycles. The number of halogens is 1. The molecule has 6 nitrogen and oxygen atoms in total. The fourth-order valence-electron chi connectivity index (χ4n) is 3.52. The molecule has 0 spiro atoms. The number of nitrogens with zero attached hydrogens (tertiary/aromatic N) is 1. The number of hydrogen-bond donors (Lipinski definition) is 1. The van der Waals surface area contributed by atoms with E-state index in [0.717, 1.165) is 11.7 Å². The van der Waals surface area contributed by atoms with E-state index in [9.17, 15) is 4.79 Å². The second kappa shape index (κ2) is 11.3. The predicted molar refractivity (Wildman–Crippen MR) is 156 cm³/mol. The molecule has 0 aromatic heterocycles. The van der Waals surface area contributed by atoms with Gasteiger partial charge in [-0.25, -0.2) is 0 Å². The molecule has 0 bridgehead atoms. The Hall–Kier alpha value is -1.85. The van der Waals surface area contributed by atoms with Gasteiger partial charge in [0.15, 0.2) is 8.32 Å². The molecule has 3 rings (SSSR count). The number of carbonyl (C=O) groups excluding carboxylic acids is 1. The molecule has 1 heterocycles. The normalized spacial score (nSPS) is 14.1. The van der Waals surface area contributed by atoms with Gasteiger partial charge in [0, 0.05) is 25.8 Å². The van der Waals surface area contributed by atoms with E-state index in [1.165, 1.54) is 0 Å². The predicted octanol–water partition coefficient (Wildman–Crippen LogP) is 7.76. The van der Waals surface area contributed by atoms with Crippen molar-refractivity contribution in [3.8, 4) is 5.75 Å². The highest BCUT2D eigenvalue weighted by Gasteiger charge is 2.37. The highest BCUT2D eigenvalue weighted by molar-refractivity contribution is 6.76. The Labute approximate surface area is 223 Å². The van der Waals surface area contributed by atoms with Gasteiger partial charge in [-0.2, -0.15) is 0 Å². The first kappa shape index (κ1) is 28.7. The van der Waals surface area contributed by atoms with Gasteiger partial charge in [0.1, 0.15) is 19.1 Å². The van der Waals surface area contributed by atoms with Gasteiger partial charge in [-0.05, 0) is 54.5 Å². The Balaban J connectivity index is 1.82. The average Bonchev–Trinajstić information content (AvgIpc) is 2.86. The number of fused-ring (bicyclic) bond motifs is 2. The molecule has 1 amide bonds. The lowest BCUT2D eigenvalue weighted by Gasteiger charge is -2.36. The summed E-state index contributed by atoms with van der Waals surface area (Å²) in [6.07, 6.45) is 0. The first-order valence-corrected chi connectivity index (χ1v) is 19.5. The summed E-state index contributed by atoms with van der Waals surface area (Å²) in [4.78, 5) is 15.0. The smallest absolute Gasteiger partial charge is 0.257 e. The van der Waals surface area contributed by atoms with Crippen molar-refractivity contribution < 1.29 is 18.7 Å². The van der Waals surface area contributed by atoms with Gasteiger partial charge in [0.2, 0.25) is 0 Å². The van der Waals surface area contributed by atoms with Gasteiger partial charge in [-0.1, -0.05) is 52.0 Å². The maximum Gasteiger partial charge on any atom is 0.257 e. The molecule has 0 radical (unpaired) electrons. The quantitative estimate of drug-likeness (QED) is 0.243. The topological polar surface area (TPSA) is 60.0 Å². The molecule has 198 valence electrons. The standard InChI is InChI=1S/C27H41ClN2O4Si2/c1-27(2,3)36(7,8)34-14-13-33-21-10-12-23-25(18-21)30(19-32-15-16-35(4,5)6)24-17-20(28)9-11-22(24)26(31)29-23/h9-12,17-18H,13-16,19H2,1-8H3,(H,29,31). The van der Waals surface area contributed by atoms with E-state index in [1.54, 1.807) is 12.1 Å². The molecule has 1 N–H and O–H groups in total. The van der Waals surface area contributed by atoms with Crippen molar-refractivity contribution in [1.82, 2.24) is 0 Å². The van der Waals surface area contributed by atoms with Crippen LogP contribution in [-0.4, -0.2) is 48.8 Å². The third kappa shape index (κ3) is 7.35. The third-order valence-electron chi connectivity index (χ3n) is 6.84. The van der Waals surface area contributed by atoms with E-state index in [0.29, 0.717) is 54.3 Å². The Morgan fingerprint density at radius 3 is 2.33 bits per heavy atom. The first-order valence-electron chi connectivity index (χ1n) is 12.5. The fourth-order valence-corrected chi connectivity index (χ4v) is 5.47. The minimum atomic E-state index is -1.83. The van der Waals surface area contributed by atoms with E-state index < -0.39 is 16.4 Å². The minimum Gasteiger partial charge on any atom is -0.491 e. The molecular formula is C27H41ClN2O4Si2. The number of ether oxygens (including phenoxy) is 2. The van der Waals surface area contributed by atoms with E-state index in [1.807, 2.05) is 29.2 Å². The van der Waals surface area contributed by atoms with Crippen LogP contribution in [0.4, 0.5) is 17.1 Å². The summed E-state index contributed by atoms with van der Waals surface area (Å²) < 4.78 is 18.4. The summed E-state index contributed by atoms with van der Waals surface area (Å²) in [7, 11) is -3.06. The molecule has 0 atom stereocenters. The molecule has 9 heteroatoms. The SMILES string of the molecule is CC(C)(C)[Si](C)(C)OCCOc1ccc2c(c1)N(COCC[Si](C)(C)C)c1cc(Cl)ccc1C(=O)N2. The van der Waals surface area contributed by atoms with Crippen LogP contribution in [0.1, 0.15) is 31.1 Å². The molecular weight excluding hydrogens is 508 g/mol. The summed E-state index contributed by atoms with van der Waals surface area (Å²) in [6.45, 7) is 20.1. The summed E-state index contributed by atoms with van der Waals surface area (Å²) in [5.41, 5.74) is 2.77. The largest absolute Gasteiger partial charge is 0.491 e. The lowest BCUT2D eigenvalue weighted by atomic mass is 10.1. The number of nitrogens with one attached hydrogen (secondary N) is 1. The van der Waals surface area contributed by atoms with E-state index in [-0.39, 0.29) is 10.9 Å². The summed E-state index contributed by atoms with van der Waals surface area (Å²) in [6, 6.07) is 12.1. The zero-order valence-electron chi connectivity index (χ0n) is 23.0. The maximum absolute atomic E-state index is 13.0. The number of amides is 1. The molecule has 1 aliphatic rings. The van der Waals surface area contributed by atoms with Crippen molar-refractivity contribution in [1.29, 1.82) is 0 Å². The van der Waals surface area contributed by atoms with Crippen LogP contribution >= 0.6 is 11.6 Å². The van der Waals surface area contributed by atoms with Crippen LogP contribution < -0.4 is 15.0 Å². The van der Waals surface area contributed by atoms with Crippen LogP contribution in [0.5, 0.6) is 5.75 Å². The van der Waals surface area contributed by atoms with Crippen LogP contribution in [-0.2, 0) is 9.16 Å². The van der Waals surface area contributed by atoms with Crippen LogP contribution in [0.25, 0.3) is 0 Å². The number of carbonyl (C=O) groups is 1. The number of benzene rings is 2. The van der Waals surface area contributed by atoms with E-state index >= 15 is 0 Å². The maximum atomic E-state index is 13.0. The minimum absolute atomic E-state index is 0.153. The first-order chi connectivity index (χ1) is 16.7. The Morgan fingerprint density at radius 2 is 1.67 bits per heavy atom. The van der Waals surface area contributed by atoms with Gasteiger partial charge in [0.25, 0.3) is 5.91 Å². The fraction of sp³-hybridized carbons (Fsp3) is 0.519. The number of anilines is 3. The van der Waals surface area contributed by atoms with Crippen molar-refractivity contribution in [3.05, 3.63) is 47.0 Å². The Bertz CT molecular complexity index is 1080.